The van der Waals surface area contributed by atoms with Gasteiger partial charge in [0.1, 0.15) is 0 Å². The van der Waals surface area contributed by atoms with Gasteiger partial charge < -0.3 is 15.0 Å². The van der Waals surface area contributed by atoms with Gasteiger partial charge in [-0.3, -0.25) is 4.79 Å². The number of nitrogens with one attached hydrogen (secondary N) is 1. The quantitative estimate of drug-likeness (QED) is 0.919. The van der Waals surface area contributed by atoms with Gasteiger partial charge in [0.05, 0.1) is 23.9 Å². The summed E-state index contributed by atoms with van der Waals surface area (Å²) in [7, 11) is 0. The molecule has 1 aromatic heterocycles. The Morgan fingerprint density at radius 2 is 1.91 bits per heavy atom. The fraction of sp³-hybridized carbons (Fsp3) is 0.267. The van der Waals surface area contributed by atoms with Crippen molar-refractivity contribution in [1.82, 2.24) is 15.1 Å². The van der Waals surface area contributed by atoms with Crippen LogP contribution in [0.4, 0.5) is 11.5 Å². The topological polar surface area (TPSA) is 67.4 Å². The highest BCUT2D eigenvalue weighted by atomic mass is 35.5. The molecule has 2 aromatic rings. The Hall–Kier alpha value is -1.89. The number of carbonyl (C=O) groups excluding carboxylic acids is 1. The summed E-state index contributed by atoms with van der Waals surface area (Å²) >= 11 is 12.0. The maximum absolute atomic E-state index is 12.3. The molecule has 0 spiro atoms. The van der Waals surface area contributed by atoms with Crippen LogP contribution in [0.3, 0.4) is 0 Å². The Bertz CT molecular complexity index is 703. The van der Waals surface area contributed by atoms with Gasteiger partial charge in [-0.1, -0.05) is 23.2 Å². The number of halogens is 2. The fourth-order valence-corrected chi connectivity index (χ4v) is 2.51. The van der Waals surface area contributed by atoms with E-state index in [0.717, 1.165) is 0 Å². The van der Waals surface area contributed by atoms with Gasteiger partial charge in [0, 0.05) is 18.1 Å². The lowest BCUT2D eigenvalue weighted by Crippen LogP contribution is -2.41. The van der Waals surface area contributed by atoms with Crippen LogP contribution < -0.4 is 5.32 Å². The minimum atomic E-state index is -0.145. The number of morpholine rings is 1. The summed E-state index contributed by atoms with van der Waals surface area (Å²) in [6.07, 6.45) is 0. The predicted molar refractivity (Wildman–Crippen MR) is 88.5 cm³/mol. The van der Waals surface area contributed by atoms with Crippen molar-refractivity contribution in [2.75, 3.05) is 31.6 Å². The van der Waals surface area contributed by atoms with Gasteiger partial charge >= 0.3 is 0 Å². The second-order valence-electron chi connectivity index (χ2n) is 4.96. The number of anilines is 2. The molecule has 1 amide bonds. The van der Waals surface area contributed by atoms with Gasteiger partial charge in [-0.05, 0) is 30.3 Å². The molecule has 1 fully saturated rings. The molecule has 1 aliphatic rings. The Labute approximate surface area is 143 Å². The van der Waals surface area contributed by atoms with E-state index in [1.54, 1.807) is 35.2 Å². The van der Waals surface area contributed by atoms with Crippen molar-refractivity contribution >= 4 is 40.6 Å². The first-order valence-electron chi connectivity index (χ1n) is 7.06. The van der Waals surface area contributed by atoms with Crippen molar-refractivity contribution in [3.05, 3.63) is 46.1 Å². The van der Waals surface area contributed by atoms with Crippen LogP contribution >= 0.6 is 23.2 Å². The van der Waals surface area contributed by atoms with Gasteiger partial charge in [-0.25, -0.2) is 0 Å². The zero-order chi connectivity index (χ0) is 16.2. The van der Waals surface area contributed by atoms with Crippen molar-refractivity contribution in [1.29, 1.82) is 0 Å². The molecule has 0 bridgehead atoms. The molecule has 8 heteroatoms. The second-order valence-corrected chi connectivity index (χ2v) is 5.80. The molecule has 1 N–H and O–H groups in total. The molecule has 0 radical (unpaired) electrons. The number of hydrogen-bond acceptors (Lipinski definition) is 5. The third kappa shape index (κ3) is 3.90. The molecule has 2 heterocycles. The first-order chi connectivity index (χ1) is 11.1. The monoisotopic (exact) mass is 352 g/mol. The summed E-state index contributed by atoms with van der Waals surface area (Å²) in [6, 6.07) is 8.39. The minimum Gasteiger partial charge on any atom is -0.378 e. The number of nitrogens with zero attached hydrogens (tertiary/aromatic N) is 3. The number of rotatable bonds is 3. The molecule has 0 aliphatic carbocycles. The molecule has 1 aromatic carbocycles. The Morgan fingerprint density at radius 3 is 2.61 bits per heavy atom. The lowest BCUT2D eigenvalue weighted by molar-refractivity contribution is 0.0298. The van der Waals surface area contributed by atoms with E-state index in [1.807, 2.05) is 0 Å². The Balaban J connectivity index is 1.71. The highest BCUT2D eigenvalue weighted by Crippen LogP contribution is 2.27. The van der Waals surface area contributed by atoms with Gasteiger partial charge in [-0.15, -0.1) is 10.2 Å². The van der Waals surface area contributed by atoms with Crippen molar-refractivity contribution in [2.24, 2.45) is 0 Å². The highest BCUT2D eigenvalue weighted by molar-refractivity contribution is 6.35. The van der Waals surface area contributed by atoms with Crippen LogP contribution in [0.15, 0.2) is 30.3 Å². The predicted octanol–water partition coefficient (Wildman–Crippen LogP) is 3.00. The standard InChI is InChI=1S/C15H14Cl2N4O2/c16-10-1-2-11(17)13(9-10)18-14-4-3-12(19-20-14)15(22)21-5-7-23-8-6-21/h1-4,9H,5-8H2,(H,18,20). The normalized spacial score (nSPS) is 14.6. The SMILES string of the molecule is O=C(c1ccc(Nc2cc(Cl)ccc2Cl)nn1)N1CCOCC1. The molecular weight excluding hydrogens is 339 g/mol. The van der Waals surface area contributed by atoms with Crippen LogP contribution in [0.25, 0.3) is 0 Å². The van der Waals surface area contributed by atoms with E-state index in [-0.39, 0.29) is 5.91 Å². The summed E-state index contributed by atoms with van der Waals surface area (Å²) in [5, 5.41) is 12.1. The van der Waals surface area contributed by atoms with E-state index >= 15 is 0 Å². The lowest BCUT2D eigenvalue weighted by Gasteiger charge is -2.26. The molecular formula is C15H14Cl2N4O2. The van der Waals surface area contributed by atoms with Gasteiger partial charge in [0.15, 0.2) is 11.5 Å². The summed E-state index contributed by atoms with van der Waals surface area (Å²) in [5.74, 6) is 0.334. The maximum atomic E-state index is 12.3. The molecule has 6 nitrogen and oxygen atoms in total. The van der Waals surface area contributed by atoms with Gasteiger partial charge in [-0.2, -0.15) is 0 Å². The first-order valence-corrected chi connectivity index (χ1v) is 7.82. The molecule has 0 saturated carbocycles. The molecule has 120 valence electrons. The smallest absolute Gasteiger partial charge is 0.274 e. The van der Waals surface area contributed by atoms with E-state index in [2.05, 4.69) is 15.5 Å². The summed E-state index contributed by atoms with van der Waals surface area (Å²) in [6.45, 7) is 2.23. The largest absolute Gasteiger partial charge is 0.378 e. The molecule has 3 rings (SSSR count). The highest BCUT2D eigenvalue weighted by Gasteiger charge is 2.19. The summed E-state index contributed by atoms with van der Waals surface area (Å²) in [4.78, 5) is 14.0. The van der Waals surface area contributed by atoms with Crippen LogP contribution in [0.1, 0.15) is 10.5 Å². The van der Waals surface area contributed by atoms with Crippen LogP contribution in [0, 0.1) is 0 Å². The van der Waals surface area contributed by atoms with Crippen LogP contribution in [-0.2, 0) is 4.74 Å². The minimum absolute atomic E-state index is 0.145. The van der Waals surface area contributed by atoms with Crippen molar-refractivity contribution in [3.8, 4) is 0 Å². The second kappa shape index (κ2) is 7.12. The number of aromatic nitrogens is 2. The zero-order valence-corrected chi connectivity index (χ0v) is 13.6. The Morgan fingerprint density at radius 1 is 1.13 bits per heavy atom. The van der Waals surface area contributed by atoms with Crippen molar-refractivity contribution in [2.45, 2.75) is 0 Å². The fourth-order valence-electron chi connectivity index (χ4n) is 2.17. The lowest BCUT2D eigenvalue weighted by atomic mass is 10.3. The van der Waals surface area contributed by atoms with Gasteiger partial charge in [0.2, 0.25) is 0 Å². The van der Waals surface area contributed by atoms with Crippen molar-refractivity contribution < 1.29 is 9.53 Å². The van der Waals surface area contributed by atoms with E-state index in [0.29, 0.717) is 53.5 Å². The number of ether oxygens (including phenoxy) is 1. The number of amides is 1. The van der Waals surface area contributed by atoms with Crippen molar-refractivity contribution in [3.63, 3.8) is 0 Å². The molecule has 23 heavy (non-hydrogen) atoms. The average Bonchev–Trinajstić information content (AvgIpc) is 2.59. The van der Waals surface area contributed by atoms with Gasteiger partial charge in [0.25, 0.3) is 5.91 Å². The first kappa shape index (κ1) is 16.0. The molecule has 0 atom stereocenters. The Kier molecular flexibility index (Phi) is 4.95. The average molecular weight is 353 g/mol. The van der Waals surface area contributed by atoms with E-state index < -0.39 is 0 Å². The summed E-state index contributed by atoms with van der Waals surface area (Å²) in [5.41, 5.74) is 0.926. The molecule has 1 aliphatic heterocycles. The van der Waals surface area contributed by atoms with Crippen LogP contribution in [0.5, 0.6) is 0 Å². The molecule has 0 unspecified atom stereocenters. The van der Waals surface area contributed by atoms with Crippen LogP contribution in [0.2, 0.25) is 10.0 Å². The third-order valence-corrected chi connectivity index (χ3v) is 3.94. The molecule has 1 saturated heterocycles. The maximum Gasteiger partial charge on any atom is 0.274 e. The number of benzene rings is 1. The van der Waals surface area contributed by atoms with E-state index in [4.69, 9.17) is 27.9 Å². The van der Waals surface area contributed by atoms with Crippen LogP contribution in [-0.4, -0.2) is 47.3 Å². The van der Waals surface area contributed by atoms with E-state index in [1.165, 1.54) is 0 Å². The number of hydrogen-bond donors (Lipinski definition) is 1. The van der Waals surface area contributed by atoms with E-state index in [9.17, 15) is 4.79 Å². The third-order valence-electron chi connectivity index (χ3n) is 3.37. The summed E-state index contributed by atoms with van der Waals surface area (Å²) < 4.78 is 5.23. The number of carbonyl (C=O) groups is 1. The zero-order valence-electron chi connectivity index (χ0n) is 12.1.